The summed E-state index contributed by atoms with van der Waals surface area (Å²) in [5, 5.41) is 2.77. The minimum Gasteiger partial charge on any atom is -0.492 e. The molecule has 2 aromatic carbocycles. The van der Waals surface area contributed by atoms with Crippen LogP contribution in [0.1, 0.15) is 20.8 Å². The summed E-state index contributed by atoms with van der Waals surface area (Å²) in [6.45, 7) is 6.13. The van der Waals surface area contributed by atoms with Gasteiger partial charge in [-0.1, -0.05) is 24.3 Å². The van der Waals surface area contributed by atoms with Gasteiger partial charge in [0, 0.05) is 6.54 Å². The van der Waals surface area contributed by atoms with E-state index in [0.717, 1.165) is 0 Å². The average molecular weight is 354 g/mol. The number of anilines is 2. The van der Waals surface area contributed by atoms with Gasteiger partial charge in [0.1, 0.15) is 11.5 Å². The molecule has 0 bridgehead atoms. The maximum absolute atomic E-state index is 13.0. The fraction of sp³-hybridized carbons (Fsp3) is 0.300. The van der Waals surface area contributed by atoms with Gasteiger partial charge in [0.2, 0.25) is 0 Å². The highest BCUT2D eigenvalue weighted by atomic mass is 16.5. The van der Waals surface area contributed by atoms with Gasteiger partial charge in [0.25, 0.3) is 17.4 Å². The standard InChI is InChI=1S/C20H22N2O4/c1-4-22-15-11-7-9-13-17(15)26-20(3,19(22)24)18(23)21-14-10-6-8-12-16(14)25-5-2/h6-13H,4-5H2,1-3H3,(H,21,23). The topological polar surface area (TPSA) is 67.9 Å². The van der Waals surface area contributed by atoms with Gasteiger partial charge >= 0.3 is 0 Å². The number of benzene rings is 2. The van der Waals surface area contributed by atoms with Crippen LogP contribution in [0.5, 0.6) is 11.5 Å². The van der Waals surface area contributed by atoms with Gasteiger partial charge in [-0.2, -0.15) is 0 Å². The van der Waals surface area contributed by atoms with E-state index in [4.69, 9.17) is 9.47 Å². The smallest absolute Gasteiger partial charge is 0.280 e. The lowest BCUT2D eigenvalue weighted by atomic mass is 9.99. The first-order valence-electron chi connectivity index (χ1n) is 8.64. The number of rotatable bonds is 5. The van der Waals surface area contributed by atoms with E-state index in [1.807, 2.05) is 32.0 Å². The molecule has 26 heavy (non-hydrogen) atoms. The Bertz CT molecular complexity index is 836. The van der Waals surface area contributed by atoms with Crippen molar-refractivity contribution in [3.63, 3.8) is 0 Å². The number of carbonyl (C=O) groups excluding carboxylic acids is 2. The number of para-hydroxylation sites is 4. The first-order chi connectivity index (χ1) is 12.5. The van der Waals surface area contributed by atoms with Crippen LogP contribution in [0.15, 0.2) is 48.5 Å². The molecule has 3 rings (SSSR count). The minimum atomic E-state index is -1.66. The SMILES string of the molecule is CCOc1ccccc1NC(=O)C1(C)Oc2ccccc2N(CC)C1=O. The van der Waals surface area contributed by atoms with Crippen LogP contribution in [0.2, 0.25) is 0 Å². The highest BCUT2D eigenvalue weighted by Gasteiger charge is 2.50. The summed E-state index contributed by atoms with van der Waals surface area (Å²) >= 11 is 0. The summed E-state index contributed by atoms with van der Waals surface area (Å²) in [5.41, 5.74) is -0.497. The van der Waals surface area contributed by atoms with Crippen LogP contribution >= 0.6 is 0 Å². The van der Waals surface area contributed by atoms with Crippen LogP contribution in [-0.4, -0.2) is 30.6 Å². The zero-order valence-electron chi connectivity index (χ0n) is 15.1. The van der Waals surface area contributed by atoms with E-state index in [0.29, 0.717) is 36.0 Å². The van der Waals surface area contributed by atoms with Gasteiger partial charge in [-0.05, 0) is 45.0 Å². The third-order valence-corrected chi connectivity index (χ3v) is 4.31. The van der Waals surface area contributed by atoms with E-state index in [1.54, 1.807) is 35.2 Å². The third-order valence-electron chi connectivity index (χ3n) is 4.31. The predicted molar refractivity (Wildman–Crippen MR) is 99.7 cm³/mol. The highest BCUT2D eigenvalue weighted by molar-refractivity contribution is 6.20. The second kappa shape index (κ2) is 7.07. The molecule has 1 atom stereocenters. The van der Waals surface area contributed by atoms with E-state index in [2.05, 4.69) is 5.32 Å². The molecule has 1 N–H and O–H groups in total. The second-order valence-electron chi connectivity index (χ2n) is 6.04. The Labute approximate surface area is 152 Å². The van der Waals surface area contributed by atoms with Crippen molar-refractivity contribution in [3.05, 3.63) is 48.5 Å². The van der Waals surface area contributed by atoms with Crippen LogP contribution in [0, 0.1) is 0 Å². The molecule has 0 radical (unpaired) electrons. The van der Waals surface area contributed by atoms with Gasteiger partial charge in [0.05, 0.1) is 18.0 Å². The summed E-state index contributed by atoms with van der Waals surface area (Å²) in [6.07, 6.45) is 0. The number of likely N-dealkylation sites (N-methyl/N-ethyl adjacent to an activating group) is 1. The number of nitrogens with one attached hydrogen (secondary N) is 1. The Hall–Kier alpha value is -3.02. The number of amides is 2. The van der Waals surface area contributed by atoms with Crippen LogP contribution in [-0.2, 0) is 9.59 Å². The zero-order valence-corrected chi connectivity index (χ0v) is 15.1. The number of hydrogen-bond acceptors (Lipinski definition) is 4. The molecule has 136 valence electrons. The van der Waals surface area contributed by atoms with Crippen molar-refractivity contribution >= 4 is 23.2 Å². The maximum atomic E-state index is 13.0. The van der Waals surface area contributed by atoms with Gasteiger partial charge in [-0.15, -0.1) is 0 Å². The molecule has 2 aromatic rings. The van der Waals surface area contributed by atoms with Crippen molar-refractivity contribution < 1.29 is 19.1 Å². The molecule has 0 aliphatic carbocycles. The molecule has 0 aromatic heterocycles. The summed E-state index contributed by atoms with van der Waals surface area (Å²) in [6, 6.07) is 14.3. The fourth-order valence-corrected chi connectivity index (χ4v) is 2.95. The average Bonchev–Trinajstić information content (AvgIpc) is 2.64. The number of hydrogen-bond donors (Lipinski definition) is 1. The van der Waals surface area contributed by atoms with Crippen molar-refractivity contribution in [3.8, 4) is 11.5 Å². The lowest BCUT2D eigenvalue weighted by Crippen LogP contribution is -2.60. The monoisotopic (exact) mass is 354 g/mol. The lowest BCUT2D eigenvalue weighted by Gasteiger charge is -2.39. The lowest BCUT2D eigenvalue weighted by molar-refractivity contribution is -0.145. The molecule has 0 saturated heterocycles. The molecule has 0 saturated carbocycles. The van der Waals surface area contributed by atoms with E-state index in [1.165, 1.54) is 6.92 Å². The van der Waals surface area contributed by atoms with Crippen LogP contribution in [0.25, 0.3) is 0 Å². The Morgan fingerprint density at radius 1 is 1.15 bits per heavy atom. The Kier molecular flexibility index (Phi) is 4.84. The van der Waals surface area contributed by atoms with E-state index < -0.39 is 17.4 Å². The summed E-state index contributed by atoms with van der Waals surface area (Å²) < 4.78 is 11.4. The maximum Gasteiger partial charge on any atom is 0.280 e. The highest BCUT2D eigenvalue weighted by Crippen LogP contribution is 2.38. The number of nitrogens with zero attached hydrogens (tertiary/aromatic N) is 1. The molecular formula is C20H22N2O4. The Morgan fingerprint density at radius 2 is 1.85 bits per heavy atom. The zero-order chi connectivity index (χ0) is 18.7. The molecule has 1 unspecified atom stereocenters. The minimum absolute atomic E-state index is 0.398. The van der Waals surface area contributed by atoms with Crippen molar-refractivity contribution in [2.45, 2.75) is 26.4 Å². The first-order valence-corrected chi connectivity index (χ1v) is 8.64. The van der Waals surface area contributed by atoms with Gasteiger partial charge in [-0.25, -0.2) is 0 Å². The van der Waals surface area contributed by atoms with Gasteiger partial charge in [0.15, 0.2) is 0 Å². The molecule has 6 nitrogen and oxygen atoms in total. The number of carbonyl (C=O) groups is 2. The normalized spacial score (nSPS) is 18.7. The second-order valence-corrected chi connectivity index (χ2v) is 6.04. The number of fused-ring (bicyclic) bond motifs is 1. The Balaban J connectivity index is 1.93. The van der Waals surface area contributed by atoms with Crippen molar-refractivity contribution in [1.29, 1.82) is 0 Å². The first kappa shape index (κ1) is 17.8. The molecule has 1 aliphatic heterocycles. The van der Waals surface area contributed by atoms with Gasteiger partial charge in [-0.3, -0.25) is 9.59 Å². The fourth-order valence-electron chi connectivity index (χ4n) is 2.95. The summed E-state index contributed by atoms with van der Waals surface area (Å²) in [7, 11) is 0. The molecule has 2 amide bonds. The third kappa shape index (κ3) is 2.98. The van der Waals surface area contributed by atoms with Gasteiger partial charge < -0.3 is 19.7 Å². The Morgan fingerprint density at radius 3 is 2.58 bits per heavy atom. The van der Waals surface area contributed by atoms with Crippen molar-refractivity contribution in [2.24, 2.45) is 0 Å². The molecule has 0 spiro atoms. The molecule has 6 heteroatoms. The van der Waals surface area contributed by atoms with E-state index in [-0.39, 0.29) is 0 Å². The van der Waals surface area contributed by atoms with Crippen LogP contribution in [0.4, 0.5) is 11.4 Å². The van der Waals surface area contributed by atoms with Crippen LogP contribution < -0.4 is 19.7 Å². The predicted octanol–water partition coefficient (Wildman–Crippen LogP) is 3.23. The molecule has 1 heterocycles. The quantitative estimate of drug-likeness (QED) is 0.837. The summed E-state index contributed by atoms with van der Waals surface area (Å²) in [4.78, 5) is 27.5. The van der Waals surface area contributed by atoms with Crippen molar-refractivity contribution in [1.82, 2.24) is 0 Å². The molecule has 1 aliphatic rings. The molecule has 0 fully saturated rings. The summed E-state index contributed by atoms with van der Waals surface area (Å²) in [5.74, 6) is 0.111. The van der Waals surface area contributed by atoms with Crippen LogP contribution in [0.3, 0.4) is 0 Å². The van der Waals surface area contributed by atoms with Crippen molar-refractivity contribution in [2.75, 3.05) is 23.4 Å². The number of ether oxygens (including phenoxy) is 2. The van der Waals surface area contributed by atoms with E-state index in [9.17, 15) is 9.59 Å². The molecular weight excluding hydrogens is 332 g/mol. The van der Waals surface area contributed by atoms with E-state index >= 15 is 0 Å². The largest absolute Gasteiger partial charge is 0.492 e.